The third-order valence-corrected chi connectivity index (χ3v) is 4.41. The van der Waals surface area contributed by atoms with Crippen LogP contribution in [-0.4, -0.2) is 47.9 Å². The predicted octanol–water partition coefficient (Wildman–Crippen LogP) is 1.80. The lowest BCUT2D eigenvalue weighted by atomic mass is 10.1. The topological polar surface area (TPSA) is 127 Å². The van der Waals surface area contributed by atoms with Crippen molar-refractivity contribution in [2.75, 3.05) is 5.32 Å². The Kier molecular flexibility index (Phi) is 6.06. The Morgan fingerprint density at radius 1 is 1.23 bits per heavy atom. The number of alkyl halides is 3. The fourth-order valence-corrected chi connectivity index (χ4v) is 2.90. The Bertz CT molecular complexity index is 1120. The third-order valence-electron chi connectivity index (χ3n) is 4.41. The van der Waals surface area contributed by atoms with E-state index in [1.54, 1.807) is 16.3 Å². The second-order valence-electron chi connectivity index (χ2n) is 6.59. The Morgan fingerprint density at radius 2 is 1.94 bits per heavy atom. The van der Waals surface area contributed by atoms with Crippen LogP contribution in [0.25, 0.3) is 5.82 Å². The summed E-state index contributed by atoms with van der Waals surface area (Å²) in [7, 11) is 1.83. The van der Waals surface area contributed by atoms with Gasteiger partial charge in [-0.05, 0) is 24.1 Å². The summed E-state index contributed by atoms with van der Waals surface area (Å²) in [5.41, 5.74) is 4.10. The molecule has 1 amide bonds. The minimum atomic E-state index is -5.08. The van der Waals surface area contributed by atoms with Gasteiger partial charge in [0.1, 0.15) is 0 Å². The number of carboxylic acids is 1. The lowest BCUT2D eigenvalue weighted by Crippen LogP contribution is -2.21. The number of carbonyl (C=O) groups is 2. The smallest absolute Gasteiger partial charge is 0.475 e. The summed E-state index contributed by atoms with van der Waals surface area (Å²) in [5.74, 6) is -2.39. The number of aromatic nitrogens is 5. The van der Waals surface area contributed by atoms with Crippen LogP contribution in [0.3, 0.4) is 0 Å². The van der Waals surface area contributed by atoms with E-state index in [1.165, 1.54) is 5.56 Å². The van der Waals surface area contributed by atoms with Crippen molar-refractivity contribution in [3.8, 4) is 5.82 Å². The third kappa shape index (κ3) is 4.88. The summed E-state index contributed by atoms with van der Waals surface area (Å²) in [6.07, 6.45) is -3.27. The number of nitrogens with one attached hydrogen (secondary N) is 2. The molecule has 0 fully saturated rings. The molecular formula is C18H18F3N7O3. The van der Waals surface area contributed by atoms with Gasteiger partial charge in [0.05, 0.1) is 5.69 Å². The summed E-state index contributed by atoms with van der Waals surface area (Å²) in [6, 6.07) is 7.73. The molecule has 0 atom stereocenters. The van der Waals surface area contributed by atoms with E-state index in [2.05, 4.69) is 32.1 Å². The number of carbonyl (C=O) groups excluding carboxylic acids is 1. The zero-order valence-electron chi connectivity index (χ0n) is 16.4. The number of halogens is 3. The maximum atomic E-state index is 12.6. The van der Waals surface area contributed by atoms with Crippen molar-refractivity contribution in [2.45, 2.75) is 26.2 Å². The summed E-state index contributed by atoms with van der Waals surface area (Å²) < 4.78 is 35.0. The van der Waals surface area contributed by atoms with Crippen molar-refractivity contribution in [2.24, 2.45) is 7.05 Å². The second kappa shape index (κ2) is 8.55. The quantitative estimate of drug-likeness (QED) is 0.570. The maximum Gasteiger partial charge on any atom is 0.490 e. The second-order valence-corrected chi connectivity index (χ2v) is 6.59. The van der Waals surface area contributed by atoms with Crippen molar-refractivity contribution in [3.05, 3.63) is 53.0 Å². The van der Waals surface area contributed by atoms with Gasteiger partial charge in [-0.25, -0.2) is 4.79 Å². The number of benzene rings is 1. The Hall–Kier alpha value is -3.74. The van der Waals surface area contributed by atoms with Crippen LogP contribution in [0.15, 0.2) is 30.5 Å². The predicted molar refractivity (Wildman–Crippen MR) is 101 cm³/mol. The largest absolute Gasteiger partial charge is 0.490 e. The summed E-state index contributed by atoms with van der Waals surface area (Å²) in [6.45, 7) is 3.39. The molecule has 0 aliphatic carbocycles. The summed E-state index contributed by atoms with van der Waals surface area (Å²) in [4.78, 5) is 21.5. The van der Waals surface area contributed by atoms with Crippen molar-refractivity contribution in [1.82, 2.24) is 30.1 Å². The number of fused-ring (bicyclic) bond motifs is 1. The fourth-order valence-electron chi connectivity index (χ4n) is 2.90. The van der Waals surface area contributed by atoms with Gasteiger partial charge in [-0.15, -0.1) is 5.10 Å². The number of hydrogen-bond donors (Lipinski definition) is 3. The highest BCUT2D eigenvalue weighted by atomic mass is 19.4. The van der Waals surface area contributed by atoms with Gasteiger partial charge in [0.2, 0.25) is 0 Å². The Balaban J connectivity index is 0.000000339. The van der Waals surface area contributed by atoms with E-state index in [0.29, 0.717) is 17.2 Å². The number of nitrogens with zero attached hydrogens (tertiary/aromatic N) is 5. The Labute approximate surface area is 173 Å². The molecule has 1 aromatic carbocycles. The number of anilines is 1. The minimum Gasteiger partial charge on any atom is -0.475 e. The van der Waals surface area contributed by atoms with Gasteiger partial charge in [0, 0.05) is 38.1 Å². The van der Waals surface area contributed by atoms with Crippen LogP contribution < -0.4 is 10.6 Å². The number of aliphatic carboxylic acids is 1. The number of hydrogen-bond acceptors (Lipinski definition) is 6. The van der Waals surface area contributed by atoms with Crippen LogP contribution in [0.2, 0.25) is 0 Å². The molecular weight excluding hydrogens is 419 g/mol. The van der Waals surface area contributed by atoms with Crippen LogP contribution in [0, 0.1) is 6.92 Å². The van der Waals surface area contributed by atoms with Gasteiger partial charge >= 0.3 is 12.1 Å². The van der Waals surface area contributed by atoms with E-state index in [9.17, 15) is 18.0 Å². The first-order valence-electron chi connectivity index (χ1n) is 8.93. The van der Waals surface area contributed by atoms with Crippen LogP contribution >= 0.6 is 0 Å². The standard InChI is InChI=1S/C16H17N7O.C2HF3O2/c1-10-15(19-21-23(10)14-6-7-22(2)20-14)16(24)18-13-5-3-4-11-8-17-9-12(11)13;3-2(4,5)1(6)7/h3-7,17H,8-9H2,1-2H3,(H,18,24);(H,6,7). The number of carboxylic acid groups (broad SMARTS) is 1. The number of amides is 1. The molecule has 2 aromatic heterocycles. The van der Waals surface area contributed by atoms with Crippen LogP contribution in [-0.2, 0) is 24.9 Å². The van der Waals surface area contributed by atoms with Gasteiger partial charge in [0.25, 0.3) is 5.91 Å². The molecule has 13 heteroatoms. The molecule has 164 valence electrons. The molecule has 3 aromatic rings. The molecule has 4 rings (SSSR count). The maximum absolute atomic E-state index is 12.6. The van der Waals surface area contributed by atoms with Gasteiger partial charge in [-0.3, -0.25) is 9.48 Å². The average Bonchev–Trinajstić information content (AvgIpc) is 3.41. The van der Waals surface area contributed by atoms with E-state index in [0.717, 1.165) is 24.3 Å². The zero-order valence-corrected chi connectivity index (χ0v) is 16.4. The van der Waals surface area contributed by atoms with Gasteiger partial charge in [-0.2, -0.15) is 23.0 Å². The lowest BCUT2D eigenvalue weighted by Gasteiger charge is -2.09. The fraction of sp³-hybridized carbons (Fsp3) is 0.278. The molecule has 0 radical (unpaired) electrons. The van der Waals surface area contributed by atoms with E-state index in [1.807, 2.05) is 31.4 Å². The van der Waals surface area contributed by atoms with E-state index >= 15 is 0 Å². The number of aryl methyl sites for hydroxylation is 1. The molecule has 0 spiro atoms. The lowest BCUT2D eigenvalue weighted by molar-refractivity contribution is -0.192. The highest BCUT2D eigenvalue weighted by Crippen LogP contribution is 2.24. The molecule has 3 N–H and O–H groups in total. The molecule has 1 aliphatic rings. The van der Waals surface area contributed by atoms with Gasteiger partial charge in [-0.1, -0.05) is 17.3 Å². The minimum absolute atomic E-state index is 0.269. The van der Waals surface area contributed by atoms with E-state index in [-0.39, 0.29) is 5.91 Å². The van der Waals surface area contributed by atoms with Crippen LogP contribution in [0.4, 0.5) is 18.9 Å². The van der Waals surface area contributed by atoms with Crippen LogP contribution in [0.5, 0.6) is 0 Å². The monoisotopic (exact) mass is 437 g/mol. The molecule has 0 unspecified atom stereocenters. The van der Waals surface area contributed by atoms with Crippen molar-refractivity contribution < 1.29 is 27.9 Å². The first-order valence-corrected chi connectivity index (χ1v) is 8.93. The zero-order chi connectivity index (χ0) is 22.8. The highest BCUT2D eigenvalue weighted by molar-refractivity contribution is 6.04. The molecule has 3 heterocycles. The molecule has 0 bridgehead atoms. The molecule has 10 nitrogen and oxygen atoms in total. The van der Waals surface area contributed by atoms with Crippen LogP contribution in [0.1, 0.15) is 27.3 Å². The van der Waals surface area contributed by atoms with Crippen molar-refractivity contribution in [1.29, 1.82) is 0 Å². The number of rotatable bonds is 3. The van der Waals surface area contributed by atoms with Gasteiger partial charge < -0.3 is 15.7 Å². The van der Waals surface area contributed by atoms with Crippen molar-refractivity contribution >= 4 is 17.6 Å². The molecule has 1 aliphatic heterocycles. The summed E-state index contributed by atoms with van der Waals surface area (Å²) >= 11 is 0. The van der Waals surface area contributed by atoms with Crippen molar-refractivity contribution in [3.63, 3.8) is 0 Å². The molecule has 31 heavy (non-hydrogen) atoms. The first kappa shape index (κ1) is 22.0. The average molecular weight is 437 g/mol. The van der Waals surface area contributed by atoms with Gasteiger partial charge in [0.15, 0.2) is 11.5 Å². The van der Waals surface area contributed by atoms with E-state index < -0.39 is 12.1 Å². The highest BCUT2D eigenvalue weighted by Gasteiger charge is 2.38. The normalized spacial score (nSPS) is 12.7. The Morgan fingerprint density at radius 3 is 2.55 bits per heavy atom. The SMILES string of the molecule is Cc1c(C(=O)Nc2cccc3c2CNC3)nnn1-c1ccn(C)n1.O=C(O)C(F)(F)F. The first-order chi connectivity index (χ1) is 14.6. The molecule has 0 saturated heterocycles. The summed E-state index contributed by atoms with van der Waals surface area (Å²) in [5, 5.41) is 25.7. The van der Waals surface area contributed by atoms with E-state index in [4.69, 9.17) is 9.90 Å². The molecule has 0 saturated carbocycles.